The summed E-state index contributed by atoms with van der Waals surface area (Å²) in [5.74, 6) is 1.68. The van der Waals surface area contributed by atoms with Gasteiger partial charge in [0.15, 0.2) is 0 Å². The molecule has 6 nitrogen and oxygen atoms in total. The van der Waals surface area contributed by atoms with E-state index in [0.717, 1.165) is 92.4 Å². The number of aryl methyl sites for hydroxylation is 1. The first kappa shape index (κ1) is 31.7. The third-order valence-electron chi connectivity index (χ3n) is 8.54. The summed E-state index contributed by atoms with van der Waals surface area (Å²) >= 11 is 6.28. The summed E-state index contributed by atoms with van der Waals surface area (Å²) in [5.41, 5.74) is 7.31. The summed E-state index contributed by atoms with van der Waals surface area (Å²) < 4.78 is 16.8. The van der Waals surface area contributed by atoms with Crippen LogP contribution in [0, 0.1) is 6.92 Å². The van der Waals surface area contributed by atoms with Crippen LogP contribution in [0.25, 0.3) is 43.6 Å². The molecule has 0 radical (unpaired) electrons. The molecular weight excluding hydrogens is 592 g/mol. The topological polar surface area (TPSA) is 68.3 Å². The zero-order valence-electron chi connectivity index (χ0n) is 28.4. The Labute approximate surface area is 278 Å². The molecule has 7 heteroatoms. The molecule has 6 aromatic rings. The van der Waals surface area contributed by atoms with E-state index in [-0.39, 0.29) is 0 Å². The molecule has 0 spiro atoms. The van der Waals surface area contributed by atoms with Crippen LogP contribution in [0.4, 0.5) is 11.4 Å². The van der Waals surface area contributed by atoms with Gasteiger partial charge in [0, 0.05) is 41.0 Å². The van der Waals surface area contributed by atoms with E-state index in [4.69, 9.17) is 32.4 Å². The predicted molar refractivity (Wildman–Crippen MR) is 197 cm³/mol. The Morgan fingerprint density at radius 1 is 0.587 bits per heavy atom. The Balaban J connectivity index is 0.00000213. The molecule has 0 aliphatic rings. The number of halogens is 1. The van der Waals surface area contributed by atoms with Gasteiger partial charge in [0.1, 0.15) is 11.5 Å². The van der Waals surface area contributed by atoms with E-state index in [1.165, 1.54) is 45.1 Å². The van der Waals surface area contributed by atoms with Gasteiger partial charge in [-0.2, -0.15) is 0 Å². The van der Waals surface area contributed by atoms with Crippen molar-refractivity contribution < 1.29 is 10.8 Å². The lowest BCUT2D eigenvalue weighted by molar-refractivity contribution is 0.415. The Kier molecular flexibility index (Phi) is 10.6. The highest BCUT2D eigenvalue weighted by Gasteiger charge is 2.12. The van der Waals surface area contributed by atoms with Crippen molar-refractivity contribution in [2.24, 2.45) is 0 Å². The number of fused-ring (bicyclic) bond motifs is 4. The second-order valence-electron chi connectivity index (χ2n) is 11.8. The van der Waals surface area contributed by atoms with Crippen molar-refractivity contribution in [2.75, 3.05) is 37.9 Å². The average Bonchev–Trinajstić information content (AvgIpc) is 3.10. The number of anilines is 2. The van der Waals surface area contributed by atoms with Crippen molar-refractivity contribution >= 4 is 66.6 Å². The number of hydrogen-bond acceptors (Lipinski definition) is 6. The Hall–Kier alpha value is -4.29. The van der Waals surface area contributed by atoms with E-state index in [1.807, 2.05) is 36.4 Å². The van der Waals surface area contributed by atoms with Gasteiger partial charge in [-0.3, -0.25) is 0 Å². The lowest BCUT2D eigenvalue weighted by Gasteiger charge is -2.15. The third kappa shape index (κ3) is 7.39. The summed E-state index contributed by atoms with van der Waals surface area (Å²) in [6, 6.07) is 24.5. The molecular formula is C39H45ClN4O2. The highest BCUT2D eigenvalue weighted by molar-refractivity contribution is 6.31. The van der Waals surface area contributed by atoms with Crippen molar-refractivity contribution in [3.63, 3.8) is 0 Å². The van der Waals surface area contributed by atoms with E-state index in [2.05, 4.69) is 54.0 Å². The molecule has 2 N–H and O–H groups in total. The minimum Gasteiger partial charge on any atom is -0.497 e. The highest BCUT2D eigenvalue weighted by Crippen LogP contribution is 2.35. The Bertz CT molecular complexity index is 1830. The van der Waals surface area contributed by atoms with Gasteiger partial charge < -0.3 is 20.1 Å². The minimum atomic E-state index is 0.694. The molecule has 0 atom stereocenters. The molecule has 2 aromatic heterocycles. The van der Waals surface area contributed by atoms with Crippen molar-refractivity contribution in [3.8, 4) is 11.5 Å². The molecule has 240 valence electrons. The maximum atomic E-state index is 6.28. The number of hydrogen-bond donors (Lipinski definition) is 2. The van der Waals surface area contributed by atoms with Gasteiger partial charge in [-0.05, 0) is 86.0 Å². The van der Waals surface area contributed by atoms with Gasteiger partial charge in [-0.15, -0.1) is 0 Å². The van der Waals surface area contributed by atoms with E-state index < -0.39 is 0 Å². The zero-order valence-corrected chi connectivity index (χ0v) is 28.1. The molecule has 0 aliphatic carbocycles. The molecule has 0 saturated carbocycles. The second kappa shape index (κ2) is 15.3. The average molecular weight is 638 g/mol. The third-order valence-corrected chi connectivity index (χ3v) is 8.77. The maximum Gasteiger partial charge on any atom is 0.119 e. The SMILES string of the molecule is COc1ccc2nc3cc(C)ccc3c(NCCCCCCCCCNc3c4ccc(Cl)cc4nc4ccc(OC)cc34)c2c1.[2H]C. The van der Waals surface area contributed by atoms with Gasteiger partial charge in [-0.25, -0.2) is 9.97 Å². The number of methoxy groups -OCH3 is 2. The normalized spacial score (nSPS) is 11.4. The quantitative estimate of drug-likeness (QED) is 0.0914. The number of ether oxygens (including phenoxy) is 2. The number of nitrogens with zero attached hydrogens (tertiary/aromatic N) is 2. The first-order valence-corrected chi connectivity index (χ1v) is 16.3. The van der Waals surface area contributed by atoms with Crippen molar-refractivity contribution in [1.29, 1.82) is 0 Å². The molecule has 0 aliphatic heterocycles. The van der Waals surface area contributed by atoms with Crippen LogP contribution in [0.2, 0.25) is 5.02 Å². The standard InChI is InChI=1S/C38H41ClN4O2.CH4/c1-25-11-15-29-35(21-25)42-33-17-13-27(44-2)23-31(33)37(29)40-19-9-7-5-4-6-8-10-20-41-38-30-16-12-26(39)22-36(30)43-34-18-14-28(45-3)24-32(34)38;/h11-18,21-24H,4-10,19-20H2,1-3H3,(H,40,42)(H,41,43);1H4/i;1D. The summed E-state index contributed by atoms with van der Waals surface area (Å²) in [6.45, 7) is 3.96. The Morgan fingerprint density at radius 2 is 1.07 bits per heavy atom. The lowest BCUT2D eigenvalue weighted by Crippen LogP contribution is -2.04. The second-order valence-corrected chi connectivity index (χ2v) is 12.2. The van der Waals surface area contributed by atoms with Crippen LogP contribution >= 0.6 is 11.6 Å². The smallest absolute Gasteiger partial charge is 0.119 e. The predicted octanol–water partition coefficient (Wildman–Crippen LogP) is 11.0. The van der Waals surface area contributed by atoms with E-state index in [1.54, 1.807) is 14.2 Å². The maximum absolute atomic E-state index is 6.28. The molecule has 0 unspecified atom stereocenters. The summed E-state index contributed by atoms with van der Waals surface area (Å²) in [5, 5.41) is 12.6. The molecule has 2 heterocycles. The molecule has 46 heavy (non-hydrogen) atoms. The largest absolute Gasteiger partial charge is 0.497 e. The van der Waals surface area contributed by atoms with Crippen molar-refractivity contribution in [1.82, 2.24) is 9.97 Å². The summed E-state index contributed by atoms with van der Waals surface area (Å²) in [4.78, 5) is 9.75. The van der Waals surface area contributed by atoms with Crippen LogP contribution in [-0.4, -0.2) is 37.3 Å². The minimum absolute atomic E-state index is 0.694. The van der Waals surface area contributed by atoms with Crippen LogP contribution in [0.1, 0.15) is 59.3 Å². The molecule has 0 amide bonds. The van der Waals surface area contributed by atoms with Crippen LogP contribution in [0.15, 0.2) is 72.8 Å². The van der Waals surface area contributed by atoms with Gasteiger partial charge >= 0.3 is 0 Å². The molecule has 4 aromatic carbocycles. The molecule has 0 fully saturated rings. The summed E-state index contributed by atoms with van der Waals surface area (Å²) in [6.07, 6.45) is 8.43. The summed E-state index contributed by atoms with van der Waals surface area (Å²) in [7, 11) is 4.66. The Morgan fingerprint density at radius 3 is 1.59 bits per heavy atom. The number of pyridine rings is 2. The number of benzene rings is 4. The van der Waals surface area contributed by atoms with Crippen molar-refractivity contribution in [3.05, 3.63) is 83.4 Å². The first-order valence-electron chi connectivity index (χ1n) is 17.0. The number of unbranched alkanes of at least 4 members (excludes halogenated alkanes) is 6. The van der Waals surface area contributed by atoms with Crippen LogP contribution in [0.3, 0.4) is 0 Å². The van der Waals surface area contributed by atoms with Gasteiger partial charge in [0.2, 0.25) is 0 Å². The van der Waals surface area contributed by atoms with Gasteiger partial charge in [-0.1, -0.05) is 63.2 Å². The zero-order chi connectivity index (χ0) is 33.2. The van der Waals surface area contributed by atoms with Gasteiger partial charge in [0.05, 0.1) is 47.7 Å². The van der Waals surface area contributed by atoms with Gasteiger partial charge in [0.25, 0.3) is 0 Å². The number of aromatic nitrogens is 2. The lowest BCUT2D eigenvalue weighted by atomic mass is 10.0. The van der Waals surface area contributed by atoms with E-state index in [0.29, 0.717) is 5.02 Å². The molecule has 0 bridgehead atoms. The molecule has 6 rings (SSSR count). The fourth-order valence-corrected chi connectivity index (χ4v) is 6.29. The monoisotopic (exact) mass is 637 g/mol. The fraction of sp³-hybridized carbons (Fsp3) is 0.333. The van der Waals surface area contributed by atoms with Crippen LogP contribution < -0.4 is 20.1 Å². The molecule has 0 saturated heterocycles. The highest BCUT2D eigenvalue weighted by atomic mass is 35.5. The first-order chi connectivity index (χ1) is 23.0. The van der Waals surface area contributed by atoms with E-state index in [9.17, 15) is 0 Å². The number of nitrogens with one attached hydrogen (secondary N) is 2. The number of rotatable bonds is 14. The van der Waals surface area contributed by atoms with Crippen LogP contribution in [-0.2, 0) is 0 Å². The van der Waals surface area contributed by atoms with Crippen molar-refractivity contribution in [2.45, 2.75) is 59.3 Å². The van der Waals surface area contributed by atoms with E-state index >= 15 is 0 Å². The fourth-order valence-electron chi connectivity index (χ4n) is 6.13. The van der Waals surface area contributed by atoms with Crippen LogP contribution in [0.5, 0.6) is 11.5 Å².